The van der Waals surface area contributed by atoms with Crippen LogP contribution in [-0.4, -0.2) is 23.3 Å². The van der Waals surface area contributed by atoms with Crippen LogP contribution in [0.25, 0.3) is 0 Å². The molecule has 1 fully saturated rings. The first-order chi connectivity index (χ1) is 7.43. The van der Waals surface area contributed by atoms with Crippen molar-refractivity contribution in [3.63, 3.8) is 0 Å². The molecule has 1 aromatic rings. The number of aryl methyl sites for hydroxylation is 2. The van der Waals surface area contributed by atoms with Crippen LogP contribution in [0.5, 0.6) is 0 Å². The molecule has 1 aliphatic heterocycles. The van der Waals surface area contributed by atoms with Crippen LogP contribution >= 0.6 is 0 Å². The van der Waals surface area contributed by atoms with E-state index in [1.807, 2.05) is 0 Å². The van der Waals surface area contributed by atoms with Crippen molar-refractivity contribution in [3.05, 3.63) is 17.0 Å². The number of fused-ring (bicyclic) bond motifs is 1. The van der Waals surface area contributed by atoms with Gasteiger partial charge in [-0.15, -0.1) is 0 Å². The molecule has 2 heterocycles. The molecule has 1 unspecified atom stereocenters. The molecule has 3 nitrogen and oxygen atoms in total. The standard InChI is InChI=1S/C12H19N3/c1-2-10-11(3-1)14-15-12(10)5-4-9-6-7-13-8-9/h9,13H,1-8H2,(H,14,15). The highest BCUT2D eigenvalue weighted by Crippen LogP contribution is 2.25. The molecule has 1 atom stereocenters. The van der Waals surface area contributed by atoms with Gasteiger partial charge in [0.05, 0.1) is 5.69 Å². The SMILES string of the molecule is C1Cc2[nH]nc(CCC3CCNC3)c2C1. The monoisotopic (exact) mass is 205 g/mol. The minimum atomic E-state index is 0.888. The second-order valence-electron chi connectivity index (χ2n) is 4.88. The molecule has 0 amide bonds. The van der Waals surface area contributed by atoms with E-state index in [0.29, 0.717) is 0 Å². The molecule has 2 N–H and O–H groups in total. The topological polar surface area (TPSA) is 40.7 Å². The first-order valence-corrected chi connectivity index (χ1v) is 6.19. The van der Waals surface area contributed by atoms with Crippen molar-refractivity contribution in [3.8, 4) is 0 Å². The second-order valence-corrected chi connectivity index (χ2v) is 4.88. The van der Waals surface area contributed by atoms with Crippen LogP contribution in [0.3, 0.4) is 0 Å². The van der Waals surface area contributed by atoms with Crippen LogP contribution in [0.4, 0.5) is 0 Å². The summed E-state index contributed by atoms with van der Waals surface area (Å²) in [5.74, 6) is 0.888. The van der Waals surface area contributed by atoms with Gasteiger partial charge in [-0.1, -0.05) is 0 Å². The fraction of sp³-hybridized carbons (Fsp3) is 0.750. The average molecular weight is 205 g/mol. The van der Waals surface area contributed by atoms with E-state index in [1.165, 1.54) is 63.0 Å². The molecular formula is C12H19N3. The smallest absolute Gasteiger partial charge is 0.0657 e. The predicted octanol–water partition coefficient (Wildman–Crippen LogP) is 1.44. The summed E-state index contributed by atoms with van der Waals surface area (Å²) in [4.78, 5) is 0. The molecule has 3 rings (SSSR count). The van der Waals surface area contributed by atoms with Crippen molar-refractivity contribution in [1.29, 1.82) is 0 Å². The summed E-state index contributed by atoms with van der Waals surface area (Å²) in [6.07, 6.45) is 7.63. The highest BCUT2D eigenvalue weighted by molar-refractivity contribution is 5.29. The van der Waals surface area contributed by atoms with Crippen LogP contribution in [-0.2, 0) is 19.3 Å². The molecule has 15 heavy (non-hydrogen) atoms. The molecule has 0 bridgehead atoms. The van der Waals surface area contributed by atoms with E-state index in [4.69, 9.17) is 0 Å². The van der Waals surface area contributed by atoms with Crippen LogP contribution < -0.4 is 5.32 Å². The first-order valence-electron chi connectivity index (χ1n) is 6.19. The highest BCUT2D eigenvalue weighted by Gasteiger charge is 2.20. The van der Waals surface area contributed by atoms with Crippen LogP contribution in [0.1, 0.15) is 36.2 Å². The van der Waals surface area contributed by atoms with E-state index < -0.39 is 0 Å². The quantitative estimate of drug-likeness (QED) is 0.784. The van der Waals surface area contributed by atoms with Crippen LogP contribution in [0.15, 0.2) is 0 Å². The lowest BCUT2D eigenvalue weighted by Gasteiger charge is -2.06. The zero-order valence-corrected chi connectivity index (χ0v) is 9.18. The number of H-pyrrole nitrogens is 1. The van der Waals surface area contributed by atoms with Crippen molar-refractivity contribution >= 4 is 0 Å². The van der Waals surface area contributed by atoms with Crippen molar-refractivity contribution in [1.82, 2.24) is 15.5 Å². The van der Waals surface area contributed by atoms with Crippen molar-refractivity contribution in [2.24, 2.45) is 5.92 Å². The van der Waals surface area contributed by atoms with E-state index in [0.717, 1.165) is 5.92 Å². The minimum absolute atomic E-state index is 0.888. The maximum atomic E-state index is 4.45. The molecule has 2 aliphatic rings. The zero-order chi connectivity index (χ0) is 10.1. The largest absolute Gasteiger partial charge is 0.316 e. The third kappa shape index (κ3) is 1.81. The van der Waals surface area contributed by atoms with Gasteiger partial charge >= 0.3 is 0 Å². The van der Waals surface area contributed by atoms with Crippen molar-refractivity contribution in [2.75, 3.05) is 13.1 Å². The maximum absolute atomic E-state index is 4.45. The molecular weight excluding hydrogens is 186 g/mol. The average Bonchev–Trinajstić information content (AvgIpc) is 2.93. The van der Waals surface area contributed by atoms with Crippen LogP contribution in [0, 0.1) is 5.92 Å². The molecule has 0 saturated carbocycles. The molecule has 0 radical (unpaired) electrons. The van der Waals surface area contributed by atoms with E-state index in [9.17, 15) is 0 Å². The Morgan fingerprint density at radius 1 is 1.33 bits per heavy atom. The molecule has 0 aromatic carbocycles. The van der Waals surface area contributed by atoms with E-state index in [1.54, 1.807) is 5.56 Å². The summed E-state index contributed by atoms with van der Waals surface area (Å²) >= 11 is 0. The summed E-state index contributed by atoms with van der Waals surface area (Å²) in [7, 11) is 0. The molecule has 1 aliphatic carbocycles. The Kier molecular flexibility index (Phi) is 2.49. The predicted molar refractivity (Wildman–Crippen MR) is 59.9 cm³/mol. The summed E-state index contributed by atoms with van der Waals surface area (Å²) in [6, 6.07) is 0. The number of rotatable bonds is 3. The number of hydrogen-bond donors (Lipinski definition) is 2. The van der Waals surface area contributed by atoms with E-state index >= 15 is 0 Å². The van der Waals surface area contributed by atoms with Gasteiger partial charge in [0.2, 0.25) is 0 Å². The lowest BCUT2D eigenvalue weighted by Crippen LogP contribution is -2.09. The third-order valence-electron chi connectivity index (χ3n) is 3.84. The minimum Gasteiger partial charge on any atom is -0.316 e. The Morgan fingerprint density at radius 3 is 3.20 bits per heavy atom. The van der Waals surface area contributed by atoms with Crippen LogP contribution in [0.2, 0.25) is 0 Å². The van der Waals surface area contributed by atoms with Gasteiger partial charge in [0.1, 0.15) is 0 Å². The molecule has 1 aromatic heterocycles. The van der Waals surface area contributed by atoms with Gasteiger partial charge in [0.25, 0.3) is 0 Å². The van der Waals surface area contributed by atoms with Gasteiger partial charge in [-0.2, -0.15) is 5.10 Å². The van der Waals surface area contributed by atoms with Gasteiger partial charge in [-0.3, -0.25) is 5.10 Å². The maximum Gasteiger partial charge on any atom is 0.0657 e. The fourth-order valence-electron chi connectivity index (χ4n) is 2.90. The fourth-order valence-corrected chi connectivity index (χ4v) is 2.90. The lowest BCUT2D eigenvalue weighted by atomic mass is 9.99. The highest BCUT2D eigenvalue weighted by atomic mass is 15.1. The Labute approximate surface area is 90.7 Å². The van der Waals surface area contributed by atoms with Gasteiger partial charge in [0.15, 0.2) is 0 Å². The summed E-state index contributed by atoms with van der Waals surface area (Å²) in [6.45, 7) is 2.43. The molecule has 82 valence electrons. The van der Waals surface area contributed by atoms with E-state index in [-0.39, 0.29) is 0 Å². The third-order valence-corrected chi connectivity index (χ3v) is 3.84. The number of nitrogens with one attached hydrogen (secondary N) is 2. The molecule has 3 heteroatoms. The zero-order valence-electron chi connectivity index (χ0n) is 9.18. The van der Waals surface area contributed by atoms with Crippen molar-refractivity contribution in [2.45, 2.75) is 38.5 Å². The number of hydrogen-bond acceptors (Lipinski definition) is 2. The molecule has 0 spiro atoms. The van der Waals surface area contributed by atoms with Crippen molar-refractivity contribution < 1.29 is 0 Å². The van der Waals surface area contributed by atoms with Gasteiger partial charge in [-0.25, -0.2) is 0 Å². The van der Waals surface area contributed by atoms with Gasteiger partial charge in [0, 0.05) is 5.69 Å². The first kappa shape index (κ1) is 9.40. The number of aromatic amines is 1. The number of nitrogens with zero attached hydrogens (tertiary/aromatic N) is 1. The Hall–Kier alpha value is -0.830. The summed E-state index contributed by atoms with van der Waals surface area (Å²) in [5.41, 5.74) is 4.31. The Balaban J connectivity index is 1.61. The van der Waals surface area contributed by atoms with E-state index in [2.05, 4.69) is 15.5 Å². The summed E-state index contributed by atoms with van der Waals surface area (Å²) < 4.78 is 0. The van der Waals surface area contributed by atoms with Gasteiger partial charge in [-0.05, 0) is 63.1 Å². The van der Waals surface area contributed by atoms with Gasteiger partial charge < -0.3 is 5.32 Å². The normalized spacial score (nSPS) is 24.7. The summed E-state index contributed by atoms with van der Waals surface area (Å²) in [5, 5.41) is 11.1. The Bertz CT molecular complexity index is 337. The number of aromatic nitrogens is 2. The lowest BCUT2D eigenvalue weighted by molar-refractivity contribution is 0.527. The Morgan fingerprint density at radius 2 is 2.33 bits per heavy atom. The second kappa shape index (κ2) is 3.97. The molecule has 1 saturated heterocycles.